The molecule has 0 fully saturated rings. The molecule has 0 saturated heterocycles. The summed E-state index contributed by atoms with van der Waals surface area (Å²) in [6, 6.07) is 11.4. The molecule has 0 heterocycles. The average Bonchev–Trinajstić information content (AvgIpc) is 2.56. The molecule has 23 heavy (non-hydrogen) atoms. The average molecular weight is 397 g/mol. The lowest BCUT2D eigenvalue weighted by Gasteiger charge is -2.17. The molecule has 5 heteroatoms. The van der Waals surface area contributed by atoms with Crippen LogP contribution in [0.4, 0.5) is 5.69 Å². The quantitative estimate of drug-likeness (QED) is 0.557. The lowest BCUT2D eigenvalue weighted by molar-refractivity contribution is 0.208. The fourth-order valence-electron chi connectivity index (χ4n) is 1.89. The van der Waals surface area contributed by atoms with Gasteiger partial charge in [-0.05, 0) is 55.3 Å². The highest BCUT2D eigenvalue weighted by molar-refractivity contribution is 9.10. The van der Waals surface area contributed by atoms with Crippen LogP contribution in [-0.2, 0) is 0 Å². The summed E-state index contributed by atoms with van der Waals surface area (Å²) in [5.41, 5.74) is 1.72. The third-order valence-corrected chi connectivity index (χ3v) is 4.14. The van der Waals surface area contributed by atoms with Gasteiger partial charge in [-0.2, -0.15) is 0 Å². The molecule has 2 aromatic rings. The summed E-state index contributed by atoms with van der Waals surface area (Å²) in [4.78, 5) is 4.44. The number of ether oxygens (including phenoxy) is 2. The SMILES string of the molecule is CC[C@H](C)Oc1c(Cl)cc(C=Nc2ccc(Br)cc2)cc1OC. The number of nitrogens with zero attached hydrogens (tertiary/aromatic N) is 1. The molecular formula is C18H19BrClNO2. The van der Waals surface area contributed by atoms with Crippen molar-refractivity contribution >= 4 is 39.4 Å². The van der Waals surface area contributed by atoms with Crippen LogP contribution in [0.25, 0.3) is 0 Å². The van der Waals surface area contributed by atoms with E-state index < -0.39 is 0 Å². The van der Waals surface area contributed by atoms with E-state index in [1.807, 2.05) is 43.3 Å². The topological polar surface area (TPSA) is 30.8 Å². The number of halogens is 2. The van der Waals surface area contributed by atoms with Crippen LogP contribution in [0.15, 0.2) is 45.9 Å². The number of aliphatic imine (C=N–C) groups is 1. The van der Waals surface area contributed by atoms with E-state index in [4.69, 9.17) is 21.1 Å². The predicted molar refractivity (Wildman–Crippen MR) is 99.8 cm³/mol. The summed E-state index contributed by atoms with van der Waals surface area (Å²) < 4.78 is 12.3. The number of methoxy groups -OCH3 is 1. The zero-order valence-electron chi connectivity index (χ0n) is 13.3. The van der Waals surface area contributed by atoms with Crippen molar-refractivity contribution < 1.29 is 9.47 Å². The van der Waals surface area contributed by atoms with Gasteiger partial charge in [0.15, 0.2) is 11.5 Å². The Morgan fingerprint density at radius 3 is 2.57 bits per heavy atom. The number of benzene rings is 2. The van der Waals surface area contributed by atoms with Gasteiger partial charge >= 0.3 is 0 Å². The lowest BCUT2D eigenvalue weighted by Crippen LogP contribution is -2.11. The highest BCUT2D eigenvalue weighted by Crippen LogP contribution is 2.37. The van der Waals surface area contributed by atoms with Crippen molar-refractivity contribution in [1.82, 2.24) is 0 Å². The van der Waals surface area contributed by atoms with Gasteiger partial charge in [0.2, 0.25) is 0 Å². The molecule has 0 radical (unpaired) electrons. The highest BCUT2D eigenvalue weighted by atomic mass is 79.9. The molecule has 0 bridgehead atoms. The largest absolute Gasteiger partial charge is 0.493 e. The molecule has 0 amide bonds. The first-order valence-electron chi connectivity index (χ1n) is 7.37. The van der Waals surface area contributed by atoms with Crippen molar-refractivity contribution in [2.45, 2.75) is 26.4 Å². The summed E-state index contributed by atoms with van der Waals surface area (Å²) >= 11 is 9.75. The molecule has 0 aliphatic heterocycles. The molecule has 0 saturated carbocycles. The van der Waals surface area contributed by atoms with Crippen LogP contribution in [0, 0.1) is 0 Å². The van der Waals surface area contributed by atoms with Gasteiger partial charge < -0.3 is 9.47 Å². The predicted octanol–water partition coefficient (Wildman–Crippen LogP) is 6.04. The van der Waals surface area contributed by atoms with E-state index in [1.54, 1.807) is 13.3 Å². The molecule has 0 aromatic heterocycles. The summed E-state index contributed by atoms with van der Waals surface area (Å²) in [5, 5.41) is 0.516. The van der Waals surface area contributed by atoms with Crippen LogP contribution in [-0.4, -0.2) is 19.4 Å². The third kappa shape index (κ3) is 4.98. The van der Waals surface area contributed by atoms with Gasteiger partial charge in [0.1, 0.15) is 0 Å². The normalized spacial score (nSPS) is 12.4. The molecule has 3 nitrogen and oxygen atoms in total. The maximum atomic E-state index is 6.34. The minimum atomic E-state index is 0.0729. The van der Waals surface area contributed by atoms with Crippen LogP contribution >= 0.6 is 27.5 Å². The monoisotopic (exact) mass is 395 g/mol. The van der Waals surface area contributed by atoms with Gasteiger partial charge in [-0.3, -0.25) is 4.99 Å². The van der Waals surface area contributed by atoms with Crippen molar-refractivity contribution in [1.29, 1.82) is 0 Å². The van der Waals surface area contributed by atoms with E-state index in [0.29, 0.717) is 16.5 Å². The van der Waals surface area contributed by atoms with Gasteiger partial charge in [-0.25, -0.2) is 0 Å². The zero-order chi connectivity index (χ0) is 16.8. The molecule has 0 N–H and O–H groups in total. The second kappa shape index (κ2) is 8.37. The Bertz CT molecular complexity index is 686. The van der Waals surface area contributed by atoms with Crippen molar-refractivity contribution in [3.8, 4) is 11.5 Å². The van der Waals surface area contributed by atoms with Crippen LogP contribution in [0.1, 0.15) is 25.8 Å². The second-order valence-electron chi connectivity index (χ2n) is 5.11. The fraction of sp³-hybridized carbons (Fsp3) is 0.278. The van der Waals surface area contributed by atoms with Crippen molar-refractivity contribution in [2.24, 2.45) is 4.99 Å². The molecule has 0 aliphatic rings. The summed E-state index contributed by atoms with van der Waals surface area (Å²) in [6.07, 6.45) is 2.72. The van der Waals surface area contributed by atoms with E-state index in [-0.39, 0.29) is 6.10 Å². The zero-order valence-corrected chi connectivity index (χ0v) is 15.7. The maximum Gasteiger partial charge on any atom is 0.180 e. The molecule has 0 aliphatic carbocycles. The highest BCUT2D eigenvalue weighted by Gasteiger charge is 2.13. The van der Waals surface area contributed by atoms with Gasteiger partial charge in [-0.1, -0.05) is 34.5 Å². The van der Waals surface area contributed by atoms with Crippen LogP contribution < -0.4 is 9.47 Å². The summed E-state index contributed by atoms with van der Waals surface area (Å²) in [7, 11) is 1.60. The summed E-state index contributed by atoms with van der Waals surface area (Å²) in [6.45, 7) is 4.06. The molecule has 122 valence electrons. The maximum absolute atomic E-state index is 6.34. The number of hydrogen-bond acceptors (Lipinski definition) is 3. The van der Waals surface area contributed by atoms with Crippen molar-refractivity contribution in [3.63, 3.8) is 0 Å². The Balaban J connectivity index is 2.26. The first kappa shape index (κ1) is 17.8. The van der Waals surface area contributed by atoms with E-state index >= 15 is 0 Å². The van der Waals surface area contributed by atoms with Crippen LogP contribution in [0.5, 0.6) is 11.5 Å². The van der Waals surface area contributed by atoms with Gasteiger partial charge in [0, 0.05) is 10.7 Å². The standard InChI is InChI=1S/C18H19BrClNO2/c1-4-12(2)23-18-16(20)9-13(10-17(18)22-3)11-21-15-7-5-14(19)6-8-15/h5-12H,4H2,1-3H3/t12-/m0/s1. The fourth-order valence-corrected chi connectivity index (χ4v) is 2.42. The van der Waals surface area contributed by atoms with Gasteiger partial charge in [0.05, 0.1) is 23.9 Å². The molecule has 1 atom stereocenters. The lowest BCUT2D eigenvalue weighted by atomic mass is 10.2. The van der Waals surface area contributed by atoms with E-state index in [0.717, 1.165) is 22.1 Å². The van der Waals surface area contributed by atoms with Crippen LogP contribution in [0.3, 0.4) is 0 Å². The molecule has 2 aromatic carbocycles. The first-order chi connectivity index (χ1) is 11.0. The Kier molecular flexibility index (Phi) is 6.48. The number of rotatable bonds is 6. The Morgan fingerprint density at radius 2 is 1.96 bits per heavy atom. The molecule has 2 rings (SSSR count). The molecule has 0 spiro atoms. The van der Waals surface area contributed by atoms with E-state index in [9.17, 15) is 0 Å². The van der Waals surface area contributed by atoms with Crippen LogP contribution in [0.2, 0.25) is 5.02 Å². The van der Waals surface area contributed by atoms with Crippen molar-refractivity contribution in [2.75, 3.05) is 7.11 Å². The third-order valence-electron chi connectivity index (χ3n) is 3.34. The van der Waals surface area contributed by atoms with Gasteiger partial charge in [-0.15, -0.1) is 0 Å². The first-order valence-corrected chi connectivity index (χ1v) is 8.54. The van der Waals surface area contributed by atoms with Crippen molar-refractivity contribution in [3.05, 3.63) is 51.5 Å². The Hall–Kier alpha value is -1.52. The molecule has 0 unspecified atom stereocenters. The Morgan fingerprint density at radius 1 is 1.26 bits per heavy atom. The van der Waals surface area contributed by atoms with Gasteiger partial charge in [0.25, 0.3) is 0 Å². The van der Waals surface area contributed by atoms with E-state index in [1.165, 1.54) is 0 Å². The smallest absolute Gasteiger partial charge is 0.180 e. The summed E-state index contributed by atoms with van der Waals surface area (Å²) in [5.74, 6) is 1.18. The molecular weight excluding hydrogens is 378 g/mol. The van der Waals surface area contributed by atoms with E-state index in [2.05, 4.69) is 27.8 Å². The Labute approximate surface area is 150 Å². The minimum Gasteiger partial charge on any atom is -0.493 e. The number of hydrogen-bond donors (Lipinski definition) is 0. The minimum absolute atomic E-state index is 0.0729. The second-order valence-corrected chi connectivity index (χ2v) is 6.43.